The van der Waals surface area contributed by atoms with Gasteiger partial charge in [0.25, 0.3) is 0 Å². The van der Waals surface area contributed by atoms with E-state index < -0.39 is 16.1 Å². The van der Waals surface area contributed by atoms with Crippen molar-refractivity contribution in [1.82, 2.24) is 14.9 Å². The molecule has 3 atom stereocenters. The summed E-state index contributed by atoms with van der Waals surface area (Å²) in [5.41, 5.74) is 0. The second-order valence-corrected chi connectivity index (χ2v) is 8.21. The van der Waals surface area contributed by atoms with Crippen LogP contribution in [0.15, 0.2) is 0 Å². The highest BCUT2D eigenvalue weighted by molar-refractivity contribution is 7.89. The molecule has 7 heteroatoms. The molecule has 2 N–H and O–H groups in total. The van der Waals surface area contributed by atoms with Crippen LogP contribution in [0.1, 0.15) is 39.5 Å². The zero-order valence-corrected chi connectivity index (χ0v) is 13.8. The second kappa shape index (κ2) is 7.07. The molecule has 2 rings (SSSR count). The van der Waals surface area contributed by atoms with E-state index in [1.54, 1.807) is 0 Å². The van der Waals surface area contributed by atoms with Crippen molar-refractivity contribution in [2.24, 2.45) is 5.92 Å². The highest BCUT2D eigenvalue weighted by atomic mass is 32.2. The first kappa shape index (κ1) is 16.7. The van der Waals surface area contributed by atoms with E-state index in [-0.39, 0.29) is 17.7 Å². The lowest BCUT2D eigenvalue weighted by atomic mass is 9.95. The van der Waals surface area contributed by atoms with Crippen molar-refractivity contribution in [3.8, 4) is 0 Å². The minimum atomic E-state index is -3.30. The lowest BCUT2D eigenvalue weighted by Crippen LogP contribution is -2.53. The van der Waals surface area contributed by atoms with Gasteiger partial charge in [0.2, 0.25) is 15.9 Å². The number of sulfonamides is 1. The van der Waals surface area contributed by atoms with Crippen LogP contribution in [0, 0.1) is 5.92 Å². The number of carbonyl (C=O) groups excluding carboxylic acids is 1. The molecule has 3 unspecified atom stereocenters. The Balaban J connectivity index is 2.00. The van der Waals surface area contributed by atoms with Gasteiger partial charge >= 0.3 is 0 Å². The van der Waals surface area contributed by atoms with Crippen molar-refractivity contribution >= 4 is 15.9 Å². The summed E-state index contributed by atoms with van der Waals surface area (Å²) >= 11 is 0. The monoisotopic (exact) mass is 317 g/mol. The summed E-state index contributed by atoms with van der Waals surface area (Å²) < 4.78 is 25.9. The Morgan fingerprint density at radius 2 is 2.14 bits per heavy atom. The van der Waals surface area contributed by atoms with Crippen LogP contribution in [0.3, 0.4) is 0 Å². The Kier molecular flexibility index (Phi) is 5.62. The van der Waals surface area contributed by atoms with Gasteiger partial charge in [-0.3, -0.25) is 4.79 Å². The van der Waals surface area contributed by atoms with Crippen molar-refractivity contribution in [3.63, 3.8) is 0 Å². The third-order valence-corrected chi connectivity index (χ3v) is 6.51. The van der Waals surface area contributed by atoms with Crippen LogP contribution in [0.2, 0.25) is 0 Å². The number of piperidine rings is 1. The van der Waals surface area contributed by atoms with Crippen LogP contribution in [-0.2, 0) is 14.8 Å². The summed E-state index contributed by atoms with van der Waals surface area (Å²) in [6.45, 7) is 6.23. The third-order valence-electron chi connectivity index (χ3n) is 4.44. The van der Waals surface area contributed by atoms with E-state index in [0.29, 0.717) is 25.3 Å². The van der Waals surface area contributed by atoms with Crippen LogP contribution in [0.5, 0.6) is 0 Å². The first-order chi connectivity index (χ1) is 9.95. The van der Waals surface area contributed by atoms with E-state index in [0.717, 1.165) is 25.9 Å². The topological polar surface area (TPSA) is 78.5 Å². The molecule has 0 radical (unpaired) electrons. The molecule has 0 saturated carbocycles. The van der Waals surface area contributed by atoms with Gasteiger partial charge in [-0.05, 0) is 44.7 Å². The maximum Gasteiger partial charge on any atom is 0.238 e. The lowest BCUT2D eigenvalue weighted by molar-refractivity contribution is -0.125. The molecule has 2 aliphatic heterocycles. The maximum absolute atomic E-state index is 12.5. The van der Waals surface area contributed by atoms with Crippen LogP contribution >= 0.6 is 0 Å². The summed E-state index contributed by atoms with van der Waals surface area (Å²) in [5, 5.41) is 6.37. The van der Waals surface area contributed by atoms with Crippen molar-refractivity contribution in [2.75, 3.05) is 25.4 Å². The average molecular weight is 317 g/mol. The van der Waals surface area contributed by atoms with Crippen LogP contribution in [0.25, 0.3) is 0 Å². The van der Waals surface area contributed by atoms with E-state index >= 15 is 0 Å². The van der Waals surface area contributed by atoms with Crippen molar-refractivity contribution in [3.05, 3.63) is 0 Å². The molecule has 2 saturated heterocycles. The Labute approximate surface area is 127 Å². The molecule has 0 aliphatic carbocycles. The predicted octanol–water partition coefficient (Wildman–Crippen LogP) is 0.305. The normalized spacial score (nSPS) is 31.2. The van der Waals surface area contributed by atoms with E-state index in [4.69, 9.17) is 0 Å². The Hall–Kier alpha value is -0.660. The predicted molar refractivity (Wildman–Crippen MR) is 82.4 cm³/mol. The van der Waals surface area contributed by atoms with Gasteiger partial charge in [0.1, 0.15) is 6.04 Å². The standard InChI is InChI=1S/C14H27N3O3S/c1-3-9-21(19,20)17-8-4-5-13(17)14(18)16-12-6-7-15-10-11(12)2/h11-13,15H,3-10H2,1-2H3,(H,16,18). The highest BCUT2D eigenvalue weighted by Gasteiger charge is 2.39. The van der Waals surface area contributed by atoms with Gasteiger partial charge < -0.3 is 10.6 Å². The van der Waals surface area contributed by atoms with Crippen LogP contribution in [0.4, 0.5) is 0 Å². The molecule has 122 valence electrons. The van der Waals surface area contributed by atoms with E-state index in [1.165, 1.54) is 4.31 Å². The summed E-state index contributed by atoms with van der Waals surface area (Å²) in [4.78, 5) is 12.5. The zero-order chi connectivity index (χ0) is 15.5. The fourth-order valence-corrected chi connectivity index (χ4v) is 4.96. The minimum Gasteiger partial charge on any atom is -0.352 e. The molecular formula is C14H27N3O3S. The Bertz CT molecular complexity index is 466. The molecule has 2 fully saturated rings. The molecule has 1 amide bonds. The molecule has 0 spiro atoms. The van der Waals surface area contributed by atoms with Crippen LogP contribution < -0.4 is 10.6 Å². The van der Waals surface area contributed by atoms with Gasteiger partial charge in [-0.2, -0.15) is 4.31 Å². The van der Waals surface area contributed by atoms with Gasteiger partial charge in [-0.15, -0.1) is 0 Å². The van der Waals surface area contributed by atoms with Gasteiger partial charge in [0.15, 0.2) is 0 Å². The van der Waals surface area contributed by atoms with Gasteiger partial charge in [-0.1, -0.05) is 13.8 Å². The number of hydrogen-bond donors (Lipinski definition) is 2. The maximum atomic E-state index is 12.5. The van der Waals surface area contributed by atoms with E-state index in [2.05, 4.69) is 17.6 Å². The molecule has 0 aromatic rings. The highest BCUT2D eigenvalue weighted by Crippen LogP contribution is 2.23. The van der Waals surface area contributed by atoms with Crippen LogP contribution in [-0.4, -0.2) is 56.1 Å². The Morgan fingerprint density at radius 3 is 2.81 bits per heavy atom. The molecule has 0 bridgehead atoms. The number of carbonyl (C=O) groups is 1. The second-order valence-electron chi connectivity index (χ2n) is 6.17. The summed E-state index contributed by atoms with van der Waals surface area (Å²) in [6, 6.07) is -0.362. The quantitative estimate of drug-likeness (QED) is 0.765. The largest absolute Gasteiger partial charge is 0.352 e. The summed E-state index contributed by atoms with van der Waals surface area (Å²) in [7, 11) is -3.30. The first-order valence-electron chi connectivity index (χ1n) is 7.96. The number of nitrogens with zero attached hydrogens (tertiary/aromatic N) is 1. The fraction of sp³-hybridized carbons (Fsp3) is 0.929. The minimum absolute atomic E-state index is 0.120. The molecular weight excluding hydrogens is 290 g/mol. The zero-order valence-electron chi connectivity index (χ0n) is 13.0. The van der Waals surface area contributed by atoms with E-state index in [1.807, 2.05) is 6.92 Å². The van der Waals surface area contributed by atoms with Crippen molar-refractivity contribution in [2.45, 2.75) is 51.6 Å². The summed E-state index contributed by atoms with van der Waals surface area (Å²) in [6.07, 6.45) is 2.89. The summed E-state index contributed by atoms with van der Waals surface area (Å²) in [5.74, 6) is 0.385. The molecule has 21 heavy (non-hydrogen) atoms. The van der Waals surface area contributed by atoms with Crippen molar-refractivity contribution < 1.29 is 13.2 Å². The average Bonchev–Trinajstić information content (AvgIpc) is 2.91. The third kappa shape index (κ3) is 3.96. The number of amides is 1. The molecule has 0 aromatic heterocycles. The molecule has 2 aliphatic rings. The van der Waals surface area contributed by atoms with Gasteiger partial charge in [0.05, 0.1) is 5.75 Å². The Morgan fingerprint density at radius 1 is 1.38 bits per heavy atom. The molecule has 2 heterocycles. The fourth-order valence-electron chi connectivity index (χ4n) is 3.22. The number of nitrogens with one attached hydrogen (secondary N) is 2. The lowest BCUT2D eigenvalue weighted by Gasteiger charge is -2.32. The SMILES string of the molecule is CCCS(=O)(=O)N1CCCC1C(=O)NC1CCNCC1C. The molecule has 0 aromatic carbocycles. The number of rotatable bonds is 5. The number of hydrogen-bond acceptors (Lipinski definition) is 4. The van der Waals surface area contributed by atoms with Gasteiger partial charge in [-0.25, -0.2) is 8.42 Å². The molecule has 6 nitrogen and oxygen atoms in total. The van der Waals surface area contributed by atoms with Crippen molar-refractivity contribution in [1.29, 1.82) is 0 Å². The van der Waals surface area contributed by atoms with Gasteiger partial charge in [0, 0.05) is 12.6 Å². The first-order valence-corrected chi connectivity index (χ1v) is 9.57. The van der Waals surface area contributed by atoms with E-state index in [9.17, 15) is 13.2 Å². The smallest absolute Gasteiger partial charge is 0.238 e.